The third kappa shape index (κ3) is 9.13. The lowest BCUT2D eigenvalue weighted by Crippen LogP contribution is -2.42. The molecule has 1 aromatic carbocycles. The van der Waals surface area contributed by atoms with E-state index in [9.17, 15) is 27.9 Å². The van der Waals surface area contributed by atoms with Gasteiger partial charge in [-0.15, -0.1) is 12.4 Å². The van der Waals surface area contributed by atoms with E-state index >= 15 is 0 Å². The van der Waals surface area contributed by atoms with E-state index in [1.807, 2.05) is 0 Å². The zero-order valence-corrected chi connectivity index (χ0v) is 13.8. The molecule has 1 atom stereocenters. The number of hydrogen-bond acceptors (Lipinski definition) is 5. The van der Waals surface area contributed by atoms with Crippen LogP contribution in [0.4, 0.5) is 13.2 Å². The zero-order valence-electron chi connectivity index (χ0n) is 13.0. The van der Waals surface area contributed by atoms with E-state index in [1.165, 1.54) is 12.1 Å². The Balaban J connectivity index is 0.00000576. The van der Waals surface area contributed by atoms with Crippen LogP contribution in [-0.2, 0) is 15.8 Å². The van der Waals surface area contributed by atoms with Gasteiger partial charge < -0.3 is 26.2 Å². The molecule has 0 aromatic heterocycles. The molecule has 0 heterocycles. The molecular formula is C14H19ClF3N3O4. The first-order valence-electron chi connectivity index (χ1n) is 6.94. The Labute approximate surface area is 148 Å². The second-order valence-corrected chi connectivity index (χ2v) is 4.78. The second kappa shape index (κ2) is 10.7. The molecule has 1 unspecified atom stereocenters. The van der Waals surface area contributed by atoms with Gasteiger partial charge in [0.2, 0.25) is 11.8 Å². The lowest BCUT2D eigenvalue weighted by Gasteiger charge is -2.14. The fourth-order valence-electron chi connectivity index (χ4n) is 1.56. The van der Waals surface area contributed by atoms with Crippen molar-refractivity contribution < 1.29 is 32.6 Å². The summed E-state index contributed by atoms with van der Waals surface area (Å²) >= 11 is 0. The first-order valence-corrected chi connectivity index (χ1v) is 6.94. The summed E-state index contributed by atoms with van der Waals surface area (Å²) in [5.74, 6) is -1.10. The summed E-state index contributed by atoms with van der Waals surface area (Å²) in [4.78, 5) is 22.2. The van der Waals surface area contributed by atoms with Crippen LogP contribution in [0.15, 0.2) is 24.3 Å². The number of ether oxygens (including phenoxy) is 1. The quantitative estimate of drug-likeness (QED) is 0.505. The minimum absolute atomic E-state index is 0. The van der Waals surface area contributed by atoms with Crippen molar-refractivity contribution in [3.8, 4) is 5.75 Å². The molecule has 0 aliphatic rings. The average Bonchev–Trinajstić information content (AvgIpc) is 2.55. The van der Waals surface area contributed by atoms with Gasteiger partial charge in [-0.2, -0.15) is 13.2 Å². The normalized spacial score (nSPS) is 11.9. The number of nitrogens with one attached hydrogen (secondary N) is 2. The molecule has 0 saturated heterocycles. The van der Waals surface area contributed by atoms with E-state index in [-0.39, 0.29) is 44.4 Å². The smallest absolute Gasteiger partial charge is 0.416 e. The third-order valence-corrected chi connectivity index (χ3v) is 2.77. The lowest BCUT2D eigenvalue weighted by molar-refractivity contribution is -0.137. The molecule has 0 bridgehead atoms. The molecule has 1 aromatic rings. The molecule has 0 spiro atoms. The molecule has 0 saturated carbocycles. The predicted octanol–water partition coefficient (Wildman–Crippen LogP) is 0.0580. The highest BCUT2D eigenvalue weighted by Gasteiger charge is 2.30. The van der Waals surface area contributed by atoms with Gasteiger partial charge in [-0.25, -0.2) is 0 Å². The molecule has 2 amide bonds. The summed E-state index contributed by atoms with van der Waals surface area (Å²) in [5, 5.41) is 14.2. The van der Waals surface area contributed by atoms with E-state index in [0.29, 0.717) is 0 Å². The highest BCUT2D eigenvalue weighted by Crippen LogP contribution is 2.31. The van der Waals surface area contributed by atoms with Crippen LogP contribution < -0.4 is 21.1 Å². The SMILES string of the molecule is Cl.NCC(=O)NCC(=O)NCC(O)COc1cccc(C(F)(F)F)c1. The van der Waals surface area contributed by atoms with Crippen LogP contribution in [0.1, 0.15) is 5.56 Å². The van der Waals surface area contributed by atoms with Crippen molar-refractivity contribution in [2.45, 2.75) is 12.3 Å². The van der Waals surface area contributed by atoms with E-state index in [2.05, 4.69) is 10.6 Å². The second-order valence-electron chi connectivity index (χ2n) is 4.78. The number of nitrogens with two attached hydrogens (primary N) is 1. The largest absolute Gasteiger partial charge is 0.491 e. The van der Waals surface area contributed by atoms with Crippen molar-refractivity contribution >= 4 is 24.2 Å². The van der Waals surface area contributed by atoms with Gasteiger partial charge in [-0.1, -0.05) is 6.07 Å². The number of halogens is 4. The van der Waals surface area contributed by atoms with Gasteiger partial charge in [0.05, 0.1) is 18.7 Å². The summed E-state index contributed by atoms with van der Waals surface area (Å²) in [6, 6.07) is 4.22. The molecule has 0 aliphatic heterocycles. The van der Waals surface area contributed by atoms with Crippen molar-refractivity contribution in [1.82, 2.24) is 10.6 Å². The van der Waals surface area contributed by atoms with Crippen molar-refractivity contribution in [2.75, 3.05) is 26.2 Å². The van der Waals surface area contributed by atoms with Crippen LogP contribution in [0.25, 0.3) is 0 Å². The highest BCUT2D eigenvalue weighted by molar-refractivity contribution is 5.85. The number of aliphatic hydroxyl groups is 1. The Morgan fingerprint density at radius 2 is 1.92 bits per heavy atom. The number of amides is 2. The number of alkyl halides is 3. The van der Waals surface area contributed by atoms with Crippen LogP contribution in [0.5, 0.6) is 5.75 Å². The maximum atomic E-state index is 12.5. The molecule has 0 radical (unpaired) electrons. The van der Waals surface area contributed by atoms with Crippen LogP contribution in [0.2, 0.25) is 0 Å². The van der Waals surface area contributed by atoms with Gasteiger partial charge in [-0.05, 0) is 18.2 Å². The Morgan fingerprint density at radius 3 is 2.52 bits per heavy atom. The summed E-state index contributed by atoms with van der Waals surface area (Å²) in [6.07, 6.45) is -5.62. The summed E-state index contributed by atoms with van der Waals surface area (Å²) in [5.41, 5.74) is 4.18. The highest BCUT2D eigenvalue weighted by atomic mass is 35.5. The first-order chi connectivity index (χ1) is 11.2. The van der Waals surface area contributed by atoms with Gasteiger partial charge >= 0.3 is 6.18 Å². The van der Waals surface area contributed by atoms with Gasteiger partial charge in [-0.3, -0.25) is 9.59 Å². The summed E-state index contributed by atoms with van der Waals surface area (Å²) in [6.45, 7) is -1.04. The van der Waals surface area contributed by atoms with E-state index in [0.717, 1.165) is 12.1 Å². The van der Waals surface area contributed by atoms with Crippen molar-refractivity contribution in [3.05, 3.63) is 29.8 Å². The van der Waals surface area contributed by atoms with Crippen molar-refractivity contribution in [3.63, 3.8) is 0 Å². The van der Waals surface area contributed by atoms with Gasteiger partial charge in [0, 0.05) is 6.54 Å². The summed E-state index contributed by atoms with van der Waals surface area (Å²) in [7, 11) is 0. The average molecular weight is 386 g/mol. The Kier molecular flexibility index (Phi) is 9.87. The maximum Gasteiger partial charge on any atom is 0.416 e. The Morgan fingerprint density at radius 1 is 1.24 bits per heavy atom. The predicted molar refractivity (Wildman–Crippen MR) is 85.3 cm³/mol. The maximum absolute atomic E-state index is 12.5. The van der Waals surface area contributed by atoms with Crippen molar-refractivity contribution in [2.24, 2.45) is 5.73 Å². The fraction of sp³-hybridized carbons (Fsp3) is 0.429. The van der Waals surface area contributed by atoms with Crippen LogP contribution in [0.3, 0.4) is 0 Å². The number of carbonyl (C=O) groups is 2. The standard InChI is InChI=1S/C14H18F3N3O4.ClH/c15-14(16,17)9-2-1-3-11(4-9)24-8-10(21)6-19-13(23)7-20-12(22)5-18;/h1-4,10,21H,5-8,18H2,(H,19,23)(H,20,22);1H. The van der Waals surface area contributed by atoms with Crippen LogP contribution in [-0.4, -0.2) is 49.3 Å². The van der Waals surface area contributed by atoms with Crippen molar-refractivity contribution in [1.29, 1.82) is 0 Å². The zero-order chi connectivity index (χ0) is 18.2. The molecule has 0 fully saturated rings. The Hall–Kier alpha value is -2.04. The molecule has 142 valence electrons. The molecule has 25 heavy (non-hydrogen) atoms. The minimum atomic E-state index is -4.49. The van der Waals surface area contributed by atoms with Gasteiger partial charge in [0.15, 0.2) is 0 Å². The third-order valence-electron chi connectivity index (χ3n) is 2.77. The molecule has 7 nitrogen and oxygen atoms in total. The van der Waals surface area contributed by atoms with Crippen LogP contribution >= 0.6 is 12.4 Å². The van der Waals surface area contributed by atoms with E-state index in [1.54, 1.807) is 0 Å². The minimum Gasteiger partial charge on any atom is -0.491 e. The van der Waals surface area contributed by atoms with E-state index in [4.69, 9.17) is 10.5 Å². The summed E-state index contributed by atoms with van der Waals surface area (Å²) < 4.78 is 42.7. The van der Waals surface area contributed by atoms with Gasteiger partial charge in [0.1, 0.15) is 18.5 Å². The number of benzene rings is 1. The number of hydrogen-bond donors (Lipinski definition) is 4. The number of aliphatic hydroxyl groups excluding tert-OH is 1. The molecular weight excluding hydrogens is 367 g/mol. The molecule has 11 heteroatoms. The molecule has 1 rings (SSSR count). The topological polar surface area (TPSA) is 114 Å². The molecule has 0 aliphatic carbocycles. The monoisotopic (exact) mass is 385 g/mol. The van der Waals surface area contributed by atoms with E-state index < -0.39 is 29.7 Å². The number of rotatable bonds is 8. The number of carbonyl (C=O) groups excluding carboxylic acids is 2. The van der Waals surface area contributed by atoms with Gasteiger partial charge in [0.25, 0.3) is 0 Å². The first kappa shape index (κ1) is 23.0. The fourth-order valence-corrected chi connectivity index (χ4v) is 1.56. The molecule has 5 N–H and O–H groups in total. The lowest BCUT2D eigenvalue weighted by atomic mass is 10.2. The van der Waals surface area contributed by atoms with Crippen LogP contribution in [0, 0.1) is 0 Å². The Bertz CT molecular complexity index is 572.